The van der Waals surface area contributed by atoms with Crippen molar-refractivity contribution >= 4 is 0 Å². The standard InChI is InChI=1S/C19H28N2/c1-3-5-6-7-8-9-16-10-12-17(13-11-16)19-15-14-18(4-2)20-21-19/h2,14-17H,3,5-13H2,1H3. The summed E-state index contributed by atoms with van der Waals surface area (Å²) in [6, 6.07) is 3.99. The highest BCUT2D eigenvalue weighted by molar-refractivity contribution is 5.24. The molecule has 2 heteroatoms. The van der Waals surface area contributed by atoms with Crippen LogP contribution in [0.2, 0.25) is 0 Å². The van der Waals surface area contributed by atoms with Gasteiger partial charge in [-0.1, -0.05) is 45.4 Å². The molecular weight excluding hydrogens is 256 g/mol. The Morgan fingerprint density at radius 3 is 2.43 bits per heavy atom. The van der Waals surface area contributed by atoms with Crippen LogP contribution >= 0.6 is 0 Å². The molecule has 0 atom stereocenters. The highest BCUT2D eigenvalue weighted by Gasteiger charge is 2.23. The average Bonchev–Trinajstić information content (AvgIpc) is 2.55. The van der Waals surface area contributed by atoms with Gasteiger partial charge in [0.25, 0.3) is 0 Å². The van der Waals surface area contributed by atoms with Crippen molar-refractivity contribution in [2.24, 2.45) is 5.92 Å². The molecule has 1 saturated carbocycles. The second kappa shape index (κ2) is 8.82. The normalized spacial score (nSPS) is 21.9. The largest absolute Gasteiger partial charge is 0.154 e. The maximum absolute atomic E-state index is 5.32. The van der Waals surface area contributed by atoms with Crippen LogP contribution in [0.15, 0.2) is 12.1 Å². The zero-order valence-corrected chi connectivity index (χ0v) is 13.4. The third-order valence-electron chi connectivity index (χ3n) is 4.81. The van der Waals surface area contributed by atoms with Gasteiger partial charge in [0.1, 0.15) is 5.69 Å². The summed E-state index contributed by atoms with van der Waals surface area (Å²) in [5.41, 5.74) is 1.77. The topological polar surface area (TPSA) is 25.8 Å². The van der Waals surface area contributed by atoms with Crippen molar-refractivity contribution in [1.29, 1.82) is 0 Å². The number of hydrogen-bond donors (Lipinski definition) is 0. The van der Waals surface area contributed by atoms with E-state index in [1.54, 1.807) is 0 Å². The first-order valence-corrected chi connectivity index (χ1v) is 8.63. The zero-order valence-electron chi connectivity index (χ0n) is 13.4. The second-order valence-electron chi connectivity index (χ2n) is 6.41. The average molecular weight is 284 g/mol. The lowest BCUT2D eigenvalue weighted by Crippen LogP contribution is -2.14. The first-order valence-electron chi connectivity index (χ1n) is 8.63. The van der Waals surface area contributed by atoms with Crippen molar-refractivity contribution in [3.63, 3.8) is 0 Å². The fourth-order valence-electron chi connectivity index (χ4n) is 3.42. The van der Waals surface area contributed by atoms with E-state index >= 15 is 0 Å². The van der Waals surface area contributed by atoms with Crippen molar-refractivity contribution < 1.29 is 0 Å². The molecule has 2 rings (SSSR count). The number of nitrogens with zero attached hydrogens (tertiary/aromatic N) is 2. The van der Waals surface area contributed by atoms with Gasteiger partial charge >= 0.3 is 0 Å². The van der Waals surface area contributed by atoms with E-state index in [0.29, 0.717) is 11.6 Å². The van der Waals surface area contributed by atoms with Gasteiger partial charge in [-0.05, 0) is 49.7 Å². The van der Waals surface area contributed by atoms with Crippen LogP contribution in [0.1, 0.15) is 88.4 Å². The minimum atomic E-state index is 0.598. The quantitative estimate of drug-likeness (QED) is 0.514. The second-order valence-corrected chi connectivity index (χ2v) is 6.41. The van der Waals surface area contributed by atoms with E-state index in [9.17, 15) is 0 Å². The Morgan fingerprint density at radius 1 is 1.05 bits per heavy atom. The molecule has 0 amide bonds. The van der Waals surface area contributed by atoms with Crippen molar-refractivity contribution in [2.45, 2.75) is 77.0 Å². The van der Waals surface area contributed by atoms with Crippen LogP contribution in [0.4, 0.5) is 0 Å². The monoisotopic (exact) mass is 284 g/mol. The van der Waals surface area contributed by atoms with Crippen molar-refractivity contribution in [2.75, 3.05) is 0 Å². The fourth-order valence-corrected chi connectivity index (χ4v) is 3.42. The van der Waals surface area contributed by atoms with E-state index in [-0.39, 0.29) is 0 Å². The van der Waals surface area contributed by atoms with Crippen molar-refractivity contribution in [1.82, 2.24) is 10.2 Å². The molecule has 1 heterocycles. The first-order chi connectivity index (χ1) is 10.3. The van der Waals surface area contributed by atoms with Gasteiger partial charge in [0.15, 0.2) is 0 Å². The molecule has 21 heavy (non-hydrogen) atoms. The molecule has 0 aliphatic heterocycles. The lowest BCUT2D eigenvalue weighted by Gasteiger charge is -2.28. The van der Waals surface area contributed by atoms with E-state index < -0.39 is 0 Å². The maximum atomic E-state index is 5.32. The van der Waals surface area contributed by atoms with Crippen LogP contribution in [-0.2, 0) is 0 Å². The van der Waals surface area contributed by atoms with E-state index in [2.05, 4.69) is 29.1 Å². The van der Waals surface area contributed by atoms with Gasteiger partial charge in [0.05, 0.1) is 5.69 Å². The predicted octanol–water partition coefficient (Wildman–Crippen LogP) is 5.09. The number of hydrogen-bond acceptors (Lipinski definition) is 2. The molecule has 1 aliphatic carbocycles. The van der Waals surface area contributed by atoms with Crippen LogP contribution in [-0.4, -0.2) is 10.2 Å². The van der Waals surface area contributed by atoms with Gasteiger partial charge < -0.3 is 0 Å². The molecule has 0 bridgehead atoms. The van der Waals surface area contributed by atoms with Crippen LogP contribution in [0.3, 0.4) is 0 Å². The molecule has 0 unspecified atom stereocenters. The Bertz CT molecular complexity index is 436. The van der Waals surface area contributed by atoms with Crippen molar-refractivity contribution in [3.8, 4) is 12.3 Å². The van der Waals surface area contributed by atoms with Crippen LogP contribution in [0.25, 0.3) is 0 Å². The summed E-state index contributed by atoms with van der Waals surface area (Å²) in [6.45, 7) is 2.28. The lowest BCUT2D eigenvalue weighted by molar-refractivity contribution is 0.298. The summed E-state index contributed by atoms with van der Waals surface area (Å²) in [5, 5.41) is 8.39. The molecule has 1 fully saturated rings. The SMILES string of the molecule is C#Cc1ccc(C2CCC(CCCCCCC)CC2)nn1. The van der Waals surface area contributed by atoms with E-state index in [4.69, 9.17) is 6.42 Å². The Balaban J connectivity index is 1.69. The minimum Gasteiger partial charge on any atom is -0.154 e. The summed E-state index contributed by atoms with van der Waals surface area (Å²) in [5.74, 6) is 4.07. The summed E-state index contributed by atoms with van der Waals surface area (Å²) in [4.78, 5) is 0. The summed E-state index contributed by atoms with van der Waals surface area (Å²) >= 11 is 0. The van der Waals surface area contributed by atoms with Gasteiger partial charge in [-0.15, -0.1) is 11.5 Å². The highest BCUT2D eigenvalue weighted by Crippen LogP contribution is 2.36. The van der Waals surface area contributed by atoms with E-state index in [1.807, 2.05) is 6.07 Å². The fraction of sp³-hybridized carbons (Fsp3) is 0.684. The molecule has 0 N–H and O–H groups in total. The Kier molecular flexibility index (Phi) is 6.73. The van der Waals surface area contributed by atoms with E-state index in [1.165, 1.54) is 64.2 Å². The first kappa shape index (κ1) is 16.0. The van der Waals surface area contributed by atoms with Gasteiger partial charge in [-0.3, -0.25) is 0 Å². The number of aromatic nitrogens is 2. The Morgan fingerprint density at radius 2 is 1.81 bits per heavy atom. The third kappa shape index (κ3) is 5.16. The third-order valence-corrected chi connectivity index (χ3v) is 4.81. The number of rotatable bonds is 7. The van der Waals surface area contributed by atoms with Gasteiger partial charge in [0, 0.05) is 5.92 Å². The van der Waals surface area contributed by atoms with Gasteiger partial charge in [0.2, 0.25) is 0 Å². The Hall–Kier alpha value is -1.36. The maximum Gasteiger partial charge on any atom is 0.135 e. The highest BCUT2D eigenvalue weighted by atomic mass is 15.1. The molecule has 1 aromatic rings. The zero-order chi connectivity index (χ0) is 14.9. The van der Waals surface area contributed by atoms with Crippen LogP contribution in [0, 0.1) is 18.3 Å². The predicted molar refractivity (Wildman–Crippen MR) is 88.0 cm³/mol. The number of unbranched alkanes of at least 4 members (excludes halogenated alkanes) is 4. The molecule has 0 radical (unpaired) electrons. The molecule has 2 nitrogen and oxygen atoms in total. The Labute approximate surface area is 129 Å². The molecule has 0 spiro atoms. The molecular formula is C19H28N2. The molecule has 114 valence electrons. The van der Waals surface area contributed by atoms with E-state index in [0.717, 1.165) is 11.6 Å². The molecule has 1 aliphatic rings. The summed E-state index contributed by atoms with van der Waals surface area (Å²) in [6.07, 6.45) is 19.0. The lowest BCUT2D eigenvalue weighted by atomic mass is 9.78. The molecule has 1 aromatic heterocycles. The minimum absolute atomic E-state index is 0.598. The van der Waals surface area contributed by atoms with Gasteiger partial charge in [-0.2, -0.15) is 5.10 Å². The van der Waals surface area contributed by atoms with Gasteiger partial charge in [-0.25, -0.2) is 0 Å². The van der Waals surface area contributed by atoms with Crippen LogP contribution in [0.5, 0.6) is 0 Å². The molecule has 0 saturated heterocycles. The summed E-state index contributed by atoms with van der Waals surface area (Å²) < 4.78 is 0. The summed E-state index contributed by atoms with van der Waals surface area (Å²) in [7, 11) is 0. The van der Waals surface area contributed by atoms with Crippen molar-refractivity contribution in [3.05, 3.63) is 23.5 Å². The van der Waals surface area contributed by atoms with Crippen LogP contribution < -0.4 is 0 Å². The molecule has 0 aromatic carbocycles. The number of terminal acetylenes is 1. The smallest absolute Gasteiger partial charge is 0.135 e.